The third-order valence-corrected chi connectivity index (χ3v) is 5.67. The van der Waals surface area contributed by atoms with Crippen molar-refractivity contribution in [3.63, 3.8) is 0 Å². The Labute approximate surface area is 199 Å². The van der Waals surface area contributed by atoms with E-state index in [2.05, 4.69) is 25.2 Å². The maximum absolute atomic E-state index is 13.9. The number of rotatable bonds is 4. The Bertz CT molecular complexity index is 1150. The minimum Gasteiger partial charge on any atom is -0.486 e. The number of nitrogens with two attached hydrogens (primary N) is 1. The average Bonchev–Trinajstić information content (AvgIpc) is 2.85. The zero-order valence-corrected chi connectivity index (χ0v) is 18.7. The Hall–Kier alpha value is -3.58. The van der Waals surface area contributed by atoms with Crippen LogP contribution in [0.2, 0.25) is 0 Å². The molecule has 10 nitrogen and oxygen atoms in total. The molecule has 0 saturated carbocycles. The molecule has 2 aromatic rings. The Morgan fingerprint density at radius 2 is 1.83 bits per heavy atom. The lowest BCUT2D eigenvalue weighted by atomic mass is 10.1. The molecule has 4 heterocycles. The van der Waals surface area contributed by atoms with Gasteiger partial charge in [-0.2, -0.15) is 13.2 Å². The first-order valence-electron chi connectivity index (χ1n) is 11.0. The van der Waals surface area contributed by atoms with Crippen molar-refractivity contribution in [1.82, 2.24) is 19.8 Å². The summed E-state index contributed by atoms with van der Waals surface area (Å²) in [7, 11) is 0. The summed E-state index contributed by atoms with van der Waals surface area (Å²) in [4.78, 5) is 15.7. The molecule has 0 bridgehead atoms. The van der Waals surface area contributed by atoms with Crippen molar-refractivity contribution >= 4 is 23.2 Å². The number of hydrogen-bond donors (Lipinski definition) is 2. The number of amidine groups is 1. The Balaban J connectivity index is 1.47. The number of nitrogens with one attached hydrogen (secondary N) is 1. The quantitative estimate of drug-likeness (QED) is 0.666. The van der Waals surface area contributed by atoms with Crippen LogP contribution in [0, 0.1) is 0 Å². The van der Waals surface area contributed by atoms with Crippen LogP contribution in [0.25, 0.3) is 5.70 Å². The van der Waals surface area contributed by atoms with E-state index in [1.807, 2.05) is 0 Å². The maximum atomic E-state index is 13.9. The zero-order valence-electron chi connectivity index (χ0n) is 18.7. The average molecular weight is 491 g/mol. The first-order valence-corrected chi connectivity index (χ1v) is 11.0. The van der Waals surface area contributed by atoms with Crippen LogP contribution in [-0.4, -0.2) is 78.5 Å². The Morgan fingerprint density at radius 3 is 2.60 bits per heavy atom. The van der Waals surface area contributed by atoms with Crippen molar-refractivity contribution in [2.24, 2.45) is 4.99 Å². The summed E-state index contributed by atoms with van der Waals surface area (Å²) in [6.45, 7) is 3.88. The predicted octanol–water partition coefficient (Wildman–Crippen LogP) is 2.26. The van der Waals surface area contributed by atoms with Gasteiger partial charge in [0.15, 0.2) is 17.2 Å². The molecular formula is C22H24F3N7O3. The predicted molar refractivity (Wildman–Crippen MR) is 122 cm³/mol. The normalized spacial score (nSPS) is 18.7. The van der Waals surface area contributed by atoms with E-state index < -0.39 is 17.8 Å². The van der Waals surface area contributed by atoms with Crippen LogP contribution in [-0.2, 0) is 10.9 Å². The fourth-order valence-corrected chi connectivity index (χ4v) is 4.00. The molecular weight excluding hydrogens is 467 g/mol. The third-order valence-electron chi connectivity index (χ3n) is 5.67. The number of nitrogen functional groups attached to an aromatic ring is 1. The van der Waals surface area contributed by atoms with E-state index in [1.54, 1.807) is 29.2 Å². The molecule has 1 saturated heterocycles. The maximum Gasteiger partial charge on any atom is 0.434 e. The van der Waals surface area contributed by atoms with Gasteiger partial charge in [0.05, 0.1) is 25.6 Å². The summed E-state index contributed by atoms with van der Waals surface area (Å²) in [5.41, 5.74) is 5.18. The second kappa shape index (κ2) is 9.58. The van der Waals surface area contributed by atoms with Crippen LogP contribution in [0.3, 0.4) is 0 Å². The molecule has 5 rings (SSSR count). The lowest BCUT2D eigenvalue weighted by molar-refractivity contribution is -0.141. The number of aliphatic imine (C=N–C) groups is 1. The van der Waals surface area contributed by atoms with Crippen LogP contribution >= 0.6 is 0 Å². The molecule has 0 radical (unpaired) electrons. The number of benzene rings is 1. The van der Waals surface area contributed by atoms with Crippen LogP contribution in [0.4, 0.5) is 24.8 Å². The highest BCUT2D eigenvalue weighted by Crippen LogP contribution is 2.36. The van der Waals surface area contributed by atoms with E-state index in [-0.39, 0.29) is 12.2 Å². The van der Waals surface area contributed by atoms with E-state index in [0.29, 0.717) is 74.9 Å². The largest absolute Gasteiger partial charge is 0.486 e. The second-order valence-corrected chi connectivity index (χ2v) is 8.10. The Kier molecular flexibility index (Phi) is 6.34. The van der Waals surface area contributed by atoms with Gasteiger partial charge in [-0.25, -0.2) is 15.0 Å². The molecule has 1 aromatic heterocycles. The molecule has 186 valence electrons. The van der Waals surface area contributed by atoms with Gasteiger partial charge in [0.1, 0.15) is 25.7 Å². The second-order valence-electron chi connectivity index (χ2n) is 8.10. The number of alkyl halides is 3. The van der Waals surface area contributed by atoms with Gasteiger partial charge in [-0.1, -0.05) is 0 Å². The lowest BCUT2D eigenvalue weighted by Gasteiger charge is -2.36. The highest BCUT2D eigenvalue weighted by molar-refractivity contribution is 6.08. The molecule has 35 heavy (non-hydrogen) atoms. The van der Waals surface area contributed by atoms with E-state index in [9.17, 15) is 13.2 Å². The molecule has 3 aliphatic heterocycles. The fraction of sp³-hybridized carbons (Fsp3) is 0.409. The fourth-order valence-electron chi connectivity index (χ4n) is 4.00. The van der Waals surface area contributed by atoms with E-state index in [1.165, 1.54) is 0 Å². The number of nitrogens with zero attached hydrogens (tertiary/aromatic N) is 5. The minimum atomic E-state index is -4.71. The van der Waals surface area contributed by atoms with E-state index >= 15 is 0 Å². The smallest absolute Gasteiger partial charge is 0.434 e. The number of anilines is 2. The molecule has 3 aliphatic rings. The molecule has 3 N–H and O–H groups in total. The van der Waals surface area contributed by atoms with Crippen LogP contribution < -0.4 is 20.5 Å². The summed E-state index contributed by atoms with van der Waals surface area (Å²) < 4.78 is 58.2. The van der Waals surface area contributed by atoms with E-state index in [0.717, 1.165) is 6.20 Å². The molecule has 0 amide bonds. The molecule has 0 atom stereocenters. The van der Waals surface area contributed by atoms with Gasteiger partial charge in [0.25, 0.3) is 0 Å². The minimum absolute atomic E-state index is 0.137. The monoisotopic (exact) mass is 491 g/mol. The highest BCUT2D eigenvalue weighted by atomic mass is 19.4. The van der Waals surface area contributed by atoms with Crippen molar-refractivity contribution in [3.8, 4) is 11.5 Å². The molecule has 1 aromatic carbocycles. The number of fused-ring (bicyclic) bond motifs is 1. The van der Waals surface area contributed by atoms with Gasteiger partial charge < -0.3 is 30.2 Å². The standard InChI is InChI=1S/C22H24F3N7O3/c23-22(24,25)20-15(11-27-21(26)30-20)16-10-19(28-12-32(16)13-31-3-5-33-6-4-31)29-14-1-2-17-18(9-14)35-8-7-34-17/h1-2,9-11H,3-8,12-13H2,(H,28,29)(H2,26,27,30). The van der Waals surface area contributed by atoms with Crippen LogP contribution in [0.15, 0.2) is 35.5 Å². The van der Waals surface area contributed by atoms with Crippen molar-refractivity contribution in [3.05, 3.63) is 41.7 Å². The molecule has 0 aliphatic carbocycles. The molecule has 13 heteroatoms. The number of halogens is 3. The van der Waals surface area contributed by atoms with Crippen molar-refractivity contribution in [2.45, 2.75) is 6.18 Å². The van der Waals surface area contributed by atoms with E-state index in [4.69, 9.17) is 19.9 Å². The lowest BCUT2D eigenvalue weighted by Crippen LogP contribution is -2.44. The third kappa shape index (κ3) is 5.25. The summed E-state index contributed by atoms with van der Waals surface area (Å²) in [5.74, 6) is 1.16. The number of hydrogen-bond acceptors (Lipinski definition) is 10. The highest BCUT2D eigenvalue weighted by Gasteiger charge is 2.38. The molecule has 0 spiro atoms. The first-order chi connectivity index (χ1) is 16.9. The van der Waals surface area contributed by atoms with Gasteiger partial charge in [0.2, 0.25) is 5.95 Å². The van der Waals surface area contributed by atoms with Gasteiger partial charge in [-0.15, -0.1) is 0 Å². The summed E-state index contributed by atoms with van der Waals surface area (Å²) >= 11 is 0. The van der Waals surface area contributed by atoms with Crippen molar-refractivity contribution in [1.29, 1.82) is 0 Å². The number of aromatic nitrogens is 2. The topological polar surface area (TPSA) is 110 Å². The van der Waals surface area contributed by atoms with Crippen LogP contribution in [0.1, 0.15) is 11.3 Å². The van der Waals surface area contributed by atoms with Crippen molar-refractivity contribution in [2.75, 3.05) is 63.9 Å². The zero-order chi connectivity index (χ0) is 24.4. The van der Waals surface area contributed by atoms with Gasteiger partial charge in [-0.05, 0) is 12.1 Å². The molecule has 0 unspecified atom stereocenters. The van der Waals surface area contributed by atoms with Gasteiger partial charge in [-0.3, -0.25) is 4.90 Å². The molecule has 1 fully saturated rings. The summed E-state index contributed by atoms with van der Waals surface area (Å²) in [5, 5.41) is 3.16. The van der Waals surface area contributed by atoms with Gasteiger partial charge >= 0.3 is 6.18 Å². The SMILES string of the molecule is Nc1ncc(C2=CC(Nc3ccc4c(c3)OCCO4)=NCN2CN2CCOCC2)c(C(F)(F)F)n1. The van der Waals surface area contributed by atoms with Gasteiger partial charge in [0, 0.05) is 42.7 Å². The number of ether oxygens (including phenoxy) is 3. The van der Waals surface area contributed by atoms with Crippen LogP contribution in [0.5, 0.6) is 11.5 Å². The van der Waals surface area contributed by atoms with Crippen molar-refractivity contribution < 1.29 is 27.4 Å². The first kappa shape index (κ1) is 23.2. The summed E-state index contributed by atoms with van der Waals surface area (Å²) in [6, 6.07) is 5.32. The number of morpholine rings is 1. The summed E-state index contributed by atoms with van der Waals surface area (Å²) in [6.07, 6.45) is -2.04. The Morgan fingerprint density at radius 1 is 1.06 bits per heavy atom.